The predicted molar refractivity (Wildman–Crippen MR) is 149 cm³/mol. The monoisotopic (exact) mass is 539 g/mol. The molecule has 2 aromatic carbocycles. The van der Waals surface area contributed by atoms with Crippen LogP contribution in [-0.4, -0.2) is 57.1 Å². The van der Waals surface area contributed by atoms with Gasteiger partial charge in [0.1, 0.15) is 5.75 Å². The second kappa shape index (κ2) is 16.0. The van der Waals surface area contributed by atoms with E-state index in [4.69, 9.17) is 23.7 Å². The van der Waals surface area contributed by atoms with Gasteiger partial charge in [-0.25, -0.2) is 9.59 Å². The van der Waals surface area contributed by atoms with Crippen molar-refractivity contribution in [2.75, 3.05) is 32.9 Å². The zero-order valence-corrected chi connectivity index (χ0v) is 23.3. The Morgan fingerprint density at radius 3 is 1.90 bits per heavy atom. The smallest absolute Gasteiger partial charge is 0.338 e. The Morgan fingerprint density at radius 1 is 0.821 bits per heavy atom. The van der Waals surface area contributed by atoms with Crippen molar-refractivity contribution < 1.29 is 33.3 Å². The molecule has 1 aliphatic heterocycles. The van der Waals surface area contributed by atoms with Crippen LogP contribution in [0.25, 0.3) is 11.1 Å². The quantitative estimate of drug-likeness (QED) is 0.173. The van der Waals surface area contributed by atoms with Crippen LogP contribution >= 0.6 is 0 Å². The van der Waals surface area contributed by atoms with Crippen LogP contribution in [0, 0.1) is 0 Å². The summed E-state index contributed by atoms with van der Waals surface area (Å²) in [7, 11) is 0. The van der Waals surface area contributed by atoms with Crippen molar-refractivity contribution >= 4 is 11.9 Å². The van der Waals surface area contributed by atoms with Crippen molar-refractivity contribution in [3.05, 3.63) is 66.2 Å². The van der Waals surface area contributed by atoms with E-state index in [9.17, 15) is 9.59 Å². The third-order valence-electron chi connectivity index (χ3n) is 6.17. The molecule has 1 saturated heterocycles. The summed E-state index contributed by atoms with van der Waals surface area (Å²) in [5.41, 5.74) is 3.90. The third-order valence-corrected chi connectivity index (χ3v) is 6.17. The van der Waals surface area contributed by atoms with Gasteiger partial charge in [0.25, 0.3) is 0 Å². The summed E-state index contributed by atoms with van der Waals surface area (Å²) in [6, 6.07) is 15.6. The Hall–Kier alpha value is -3.20. The molecule has 0 unspecified atom stereocenters. The number of hydrogen-bond donors (Lipinski definition) is 1. The predicted octanol–water partition coefficient (Wildman–Crippen LogP) is 5.37. The van der Waals surface area contributed by atoms with Crippen molar-refractivity contribution in [1.29, 1.82) is 0 Å². The first kappa shape index (κ1) is 30.3. The highest BCUT2D eigenvalue weighted by Gasteiger charge is 2.47. The maximum atomic E-state index is 12.3. The molecular formula is C31H41NO7. The molecule has 0 aromatic heterocycles. The number of unbranched alkanes of at least 4 members (excludes halogenated alkanes) is 3. The summed E-state index contributed by atoms with van der Waals surface area (Å²) in [5.74, 6) is -0.451. The fraction of sp³-hybridized carbons (Fsp3) is 0.484. The van der Waals surface area contributed by atoms with E-state index in [1.54, 1.807) is 13.8 Å². The van der Waals surface area contributed by atoms with Crippen LogP contribution in [0.5, 0.6) is 5.75 Å². The van der Waals surface area contributed by atoms with Gasteiger partial charge in [0, 0.05) is 12.1 Å². The molecule has 1 heterocycles. The largest absolute Gasteiger partial charge is 0.494 e. The van der Waals surface area contributed by atoms with E-state index in [2.05, 4.69) is 11.9 Å². The Bertz CT molecular complexity index is 1030. The third kappa shape index (κ3) is 9.49. The number of nitrogens with one attached hydrogen (secondary N) is 1. The van der Waals surface area contributed by atoms with Crippen LogP contribution in [0.2, 0.25) is 0 Å². The molecule has 0 bridgehead atoms. The minimum absolute atomic E-state index is 0.172. The normalized spacial score (nSPS) is 17.1. The van der Waals surface area contributed by atoms with Gasteiger partial charge in [-0.3, -0.25) is 0 Å². The van der Waals surface area contributed by atoms with Crippen LogP contribution in [-0.2, 0) is 28.5 Å². The summed E-state index contributed by atoms with van der Waals surface area (Å²) >= 11 is 0. The molecule has 212 valence electrons. The second-order valence-electron chi connectivity index (χ2n) is 9.49. The van der Waals surface area contributed by atoms with E-state index in [0.717, 1.165) is 54.8 Å². The van der Waals surface area contributed by atoms with Gasteiger partial charge in [-0.15, -0.1) is 0 Å². The highest BCUT2D eigenvalue weighted by Crippen LogP contribution is 2.34. The molecule has 8 heteroatoms. The maximum absolute atomic E-state index is 12.3. The minimum atomic E-state index is -1.18. The lowest BCUT2D eigenvalue weighted by atomic mass is 10.0. The first-order valence-corrected chi connectivity index (χ1v) is 13.7. The lowest BCUT2D eigenvalue weighted by molar-refractivity contribution is -0.163. The van der Waals surface area contributed by atoms with E-state index in [1.165, 1.54) is 6.42 Å². The number of ether oxygens (including phenoxy) is 5. The second-order valence-corrected chi connectivity index (χ2v) is 9.49. The van der Waals surface area contributed by atoms with Gasteiger partial charge in [-0.05, 0) is 63.4 Å². The first-order chi connectivity index (χ1) is 18.9. The molecular weight excluding hydrogens is 498 g/mol. The average molecular weight is 540 g/mol. The van der Waals surface area contributed by atoms with Crippen LogP contribution in [0.3, 0.4) is 0 Å². The van der Waals surface area contributed by atoms with Gasteiger partial charge in [-0.1, -0.05) is 61.4 Å². The van der Waals surface area contributed by atoms with Crippen LogP contribution in [0.15, 0.2) is 60.7 Å². The molecule has 1 N–H and O–H groups in total. The Morgan fingerprint density at radius 2 is 1.36 bits per heavy atom. The summed E-state index contributed by atoms with van der Waals surface area (Å²) in [6.07, 6.45) is 1.29. The molecule has 2 aromatic rings. The van der Waals surface area contributed by atoms with Gasteiger partial charge in [-0.2, -0.15) is 0 Å². The summed E-state index contributed by atoms with van der Waals surface area (Å²) in [6.45, 7) is 12.3. The van der Waals surface area contributed by atoms with Gasteiger partial charge in [0.2, 0.25) is 0 Å². The summed E-state index contributed by atoms with van der Waals surface area (Å²) in [5, 5.41) is 3.38. The molecule has 0 saturated carbocycles. The van der Waals surface area contributed by atoms with Crippen molar-refractivity contribution in [1.82, 2.24) is 5.32 Å². The van der Waals surface area contributed by atoms with Crippen LogP contribution in [0.4, 0.5) is 0 Å². The standard InChI is InChI=1S/C31H41NO7/c1-5-35-29(33)27-28(30(34)36-6-2)39-31(38-27)25-13-11-23(12-14-25)24-15-17-26(18-16-24)37-20-10-8-7-9-19-32-21-22(3)4/h11-18,27-28,31-32H,3,5-10,19-21H2,1-2,4H3/t27-,28-/m1/s1. The Balaban J connectivity index is 1.48. The zero-order chi connectivity index (χ0) is 28.0. The SMILES string of the molecule is C=C(C)CNCCCCCCOc1ccc(-c2ccc(C3O[C@@H](C(=O)OCC)[C@H](C(=O)OCC)O3)cc2)cc1. The van der Waals surface area contributed by atoms with Gasteiger partial charge >= 0.3 is 11.9 Å². The number of esters is 2. The molecule has 0 aliphatic carbocycles. The zero-order valence-electron chi connectivity index (χ0n) is 23.3. The molecule has 1 fully saturated rings. The molecule has 2 atom stereocenters. The van der Waals surface area contributed by atoms with E-state index in [-0.39, 0.29) is 13.2 Å². The Labute approximate surface area is 231 Å². The minimum Gasteiger partial charge on any atom is -0.494 e. The van der Waals surface area contributed by atoms with Crippen molar-refractivity contribution in [2.45, 2.75) is 65.0 Å². The van der Waals surface area contributed by atoms with E-state index in [0.29, 0.717) is 12.2 Å². The molecule has 3 rings (SSSR count). The molecule has 0 spiro atoms. The molecule has 1 aliphatic rings. The highest BCUT2D eigenvalue weighted by molar-refractivity contribution is 5.86. The van der Waals surface area contributed by atoms with Gasteiger partial charge < -0.3 is 29.0 Å². The highest BCUT2D eigenvalue weighted by atomic mass is 16.8. The molecule has 0 amide bonds. The van der Waals surface area contributed by atoms with E-state index < -0.39 is 30.4 Å². The number of carbonyl (C=O) groups excluding carboxylic acids is 2. The van der Waals surface area contributed by atoms with Crippen molar-refractivity contribution in [3.8, 4) is 16.9 Å². The molecule has 8 nitrogen and oxygen atoms in total. The lowest BCUT2D eigenvalue weighted by Crippen LogP contribution is -2.39. The topological polar surface area (TPSA) is 92.3 Å². The summed E-state index contributed by atoms with van der Waals surface area (Å²) in [4.78, 5) is 24.6. The summed E-state index contributed by atoms with van der Waals surface area (Å²) < 4.78 is 27.5. The number of hydrogen-bond acceptors (Lipinski definition) is 8. The lowest BCUT2D eigenvalue weighted by Gasteiger charge is -2.13. The van der Waals surface area contributed by atoms with Gasteiger partial charge in [0.15, 0.2) is 18.5 Å². The fourth-order valence-electron chi connectivity index (χ4n) is 4.18. The number of rotatable bonds is 16. The van der Waals surface area contributed by atoms with Crippen molar-refractivity contribution in [2.24, 2.45) is 0 Å². The van der Waals surface area contributed by atoms with Gasteiger partial charge in [0.05, 0.1) is 19.8 Å². The molecule has 39 heavy (non-hydrogen) atoms. The number of carbonyl (C=O) groups is 2. The first-order valence-electron chi connectivity index (χ1n) is 13.7. The Kier molecular flexibility index (Phi) is 12.5. The van der Waals surface area contributed by atoms with E-state index >= 15 is 0 Å². The maximum Gasteiger partial charge on any atom is 0.338 e. The molecule has 0 radical (unpaired) electrons. The average Bonchev–Trinajstić information content (AvgIpc) is 3.39. The van der Waals surface area contributed by atoms with Crippen molar-refractivity contribution in [3.63, 3.8) is 0 Å². The number of benzene rings is 2. The fourth-order valence-corrected chi connectivity index (χ4v) is 4.18. The van der Waals surface area contributed by atoms with Crippen LogP contribution in [0.1, 0.15) is 58.3 Å². The van der Waals surface area contributed by atoms with Crippen LogP contribution < -0.4 is 10.1 Å². The van der Waals surface area contributed by atoms with E-state index in [1.807, 2.05) is 55.5 Å².